The third-order valence-corrected chi connectivity index (χ3v) is 5.38. The summed E-state index contributed by atoms with van der Waals surface area (Å²) in [5, 5.41) is 13.1. The van der Waals surface area contributed by atoms with Crippen LogP contribution in [0.3, 0.4) is 0 Å². The molecule has 1 aliphatic carbocycles. The quantitative estimate of drug-likeness (QED) is 0.872. The smallest absolute Gasteiger partial charge is 0.255 e. The van der Waals surface area contributed by atoms with E-state index in [1.807, 2.05) is 0 Å². The molecule has 1 saturated carbocycles. The second-order valence-electron chi connectivity index (χ2n) is 7.11. The fourth-order valence-electron chi connectivity index (χ4n) is 3.85. The maximum absolute atomic E-state index is 12.4. The van der Waals surface area contributed by atoms with Crippen molar-refractivity contribution in [3.8, 4) is 11.5 Å². The van der Waals surface area contributed by atoms with Crippen molar-refractivity contribution in [3.05, 3.63) is 23.8 Å². The Morgan fingerprint density at radius 1 is 1.38 bits per heavy atom. The molecule has 1 aromatic rings. The highest BCUT2D eigenvalue weighted by Crippen LogP contribution is 2.38. The number of hydrogen-bond acceptors (Lipinski definition) is 5. The number of nitrogens with one attached hydrogen (secondary N) is 1. The van der Waals surface area contributed by atoms with E-state index in [1.165, 1.54) is 26.0 Å². The number of hydrogen-bond donors (Lipinski definition) is 2. The Hall–Kier alpha value is -1.79. The van der Waals surface area contributed by atoms with Crippen molar-refractivity contribution in [1.29, 1.82) is 0 Å². The number of methoxy groups -OCH3 is 1. The molecule has 3 atom stereocenters. The minimum atomic E-state index is -0.236. The zero-order valence-corrected chi connectivity index (χ0v) is 13.9. The van der Waals surface area contributed by atoms with Gasteiger partial charge in [-0.05, 0) is 37.3 Å². The summed E-state index contributed by atoms with van der Waals surface area (Å²) in [5.74, 6) is 0.987. The number of nitrogens with zero attached hydrogens (tertiary/aromatic N) is 1. The van der Waals surface area contributed by atoms with Crippen molar-refractivity contribution in [3.63, 3.8) is 0 Å². The van der Waals surface area contributed by atoms with Crippen molar-refractivity contribution in [1.82, 2.24) is 10.2 Å². The molecule has 3 aliphatic rings. The van der Waals surface area contributed by atoms with Crippen LogP contribution in [0.4, 0.5) is 0 Å². The van der Waals surface area contributed by atoms with E-state index in [0.717, 1.165) is 32.0 Å². The Labute approximate surface area is 141 Å². The van der Waals surface area contributed by atoms with Crippen molar-refractivity contribution >= 4 is 5.91 Å². The van der Waals surface area contributed by atoms with Crippen LogP contribution in [0.5, 0.6) is 11.5 Å². The molecule has 0 bridgehead atoms. The third kappa shape index (κ3) is 3.08. The molecule has 4 rings (SSSR count). The number of rotatable bonds is 4. The van der Waals surface area contributed by atoms with Crippen molar-refractivity contribution < 1.29 is 19.4 Å². The van der Waals surface area contributed by atoms with Gasteiger partial charge in [-0.2, -0.15) is 0 Å². The van der Waals surface area contributed by atoms with Gasteiger partial charge in [0, 0.05) is 31.2 Å². The predicted octanol–water partition coefficient (Wildman–Crippen LogP) is 1.38. The molecule has 1 aromatic carbocycles. The fraction of sp³-hybridized carbons (Fsp3) is 0.611. The summed E-state index contributed by atoms with van der Waals surface area (Å²) < 4.78 is 11.0. The van der Waals surface area contributed by atoms with Gasteiger partial charge >= 0.3 is 0 Å². The number of phenols is 1. The highest BCUT2D eigenvalue weighted by atomic mass is 16.5. The summed E-state index contributed by atoms with van der Waals surface area (Å²) in [5.41, 5.74) is 0.285. The van der Waals surface area contributed by atoms with Crippen LogP contribution < -0.4 is 10.1 Å². The van der Waals surface area contributed by atoms with Gasteiger partial charge in [0.05, 0.1) is 25.4 Å². The molecule has 6 nitrogen and oxygen atoms in total. The van der Waals surface area contributed by atoms with E-state index in [9.17, 15) is 9.90 Å². The zero-order valence-electron chi connectivity index (χ0n) is 13.9. The first-order valence-corrected chi connectivity index (χ1v) is 8.67. The molecule has 6 heteroatoms. The Kier molecular flexibility index (Phi) is 4.10. The minimum Gasteiger partial charge on any atom is -0.507 e. The summed E-state index contributed by atoms with van der Waals surface area (Å²) in [7, 11) is 1.53. The van der Waals surface area contributed by atoms with Gasteiger partial charge < -0.3 is 19.9 Å². The average Bonchev–Trinajstić information content (AvgIpc) is 3.34. The van der Waals surface area contributed by atoms with Crippen molar-refractivity contribution in [2.75, 3.05) is 26.8 Å². The molecule has 0 unspecified atom stereocenters. The lowest BCUT2D eigenvalue weighted by Crippen LogP contribution is -2.47. The Morgan fingerprint density at radius 3 is 2.92 bits per heavy atom. The number of fused-ring (bicyclic) bond motifs is 1. The highest BCUT2D eigenvalue weighted by Gasteiger charge is 2.42. The van der Waals surface area contributed by atoms with E-state index in [4.69, 9.17) is 9.47 Å². The predicted molar refractivity (Wildman–Crippen MR) is 88.4 cm³/mol. The molecule has 1 amide bonds. The van der Waals surface area contributed by atoms with Gasteiger partial charge in [-0.3, -0.25) is 9.69 Å². The van der Waals surface area contributed by atoms with Gasteiger partial charge in [0.15, 0.2) is 0 Å². The van der Waals surface area contributed by atoms with E-state index in [-0.39, 0.29) is 23.3 Å². The first-order chi connectivity index (χ1) is 11.6. The molecular weight excluding hydrogens is 308 g/mol. The number of ether oxygens (including phenoxy) is 2. The highest BCUT2D eigenvalue weighted by molar-refractivity contribution is 5.97. The average molecular weight is 332 g/mol. The molecular formula is C18H24N2O4. The largest absolute Gasteiger partial charge is 0.507 e. The van der Waals surface area contributed by atoms with E-state index in [0.29, 0.717) is 17.9 Å². The topological polar surface area (TPSA) is 71.0 Å². The molecule has 0 radical (unpaired) electrons. The first kappa shape index (κ1) is 15.7. The van der Waals surface area contributed by atoms with Crippen LogP contribution in [0.15, 0.2) is 18.2 Å². The van der Waals surface area contributed by atoms with Crippen LogP contribution in [-0.4, -0.2) is 60.9 Å². The van der Waals surface area contributed by atoms with Crippen LogP contribution in [0.2, 0.25) is 0 Å². The number of carbonyl (C=O) groups excluding carboxylic acids is 1. The fourth-order valence-corrected chi connectivity index (χ4v) is 3.85. The minimum absolute atomic E-state index is 0.0558. The van der Waals surface area contributed by atoms with Crippen LogP contribution in [0.1, 0.15) is 29.6 Å². The molecule has 3 fully saturated rings. The molecule has 130 valence electrons. The number of carbonyl (C=O) groups is 1. The molecule has 2 heterocycles. The lowest BCUT2D eigenvalue weighted by atomic mass is 10.1. The molecule has 2 saturated heterocycles. The number of aromatic hydroxyl groups is 1. The van der Waals surface area contributed by atoms with E-state index in [2.05, 4.69) is 10.2 Å². The maximum atomic E-state index is 12.4. The summed E-state index contributed by atoms with van der Waals surface area (Å²) in [6.07, 6.45) is 3.86. The van der Waals surface area contributed by atoms with Crippen LogP contribution in [-0.2, 0) is 4.74 Å². The van der Waals surface area contributed by atoms with E-state index < -0.39 is 0 Å². The Morgan fingerprint density at radius 2 is 2.21 bits per heavy atom. The maximum Gasteiger partial charge on any atom is 0.255 e. The number of morpholine rings is 1. The van der Waals surface area contributed by atoms with Gasteiger partial charge in [0.25, 0.3) is 5.91 Å². The molecule has 2 aliphatic heterocycles. The summed E-state index contributed by atoms with van der Waals surface area (Å²) >= 11 is 0. The second-order valence-corrected chi connectivity index (χ2v) is 7.11. The van der Waals surface area contributed by atoms with E-state index in [1.54, 1.807) is 12.1 Å². The zero-order chi connectivity index (χ0) is 16.7. The first-order valence-electron chi connectivity index (χ1n) is 8.67. The second kappa shape index (κ2) is 6.26. The van der Waals surface area contributed by atoms with E-state index >= 15 is 0 Å². The number of benzene rings is 1. The summed E-state index contributed by atoms with van der Waals surface area (Å²) in [6, 6.07) is 5.24. The van der Waals surface area contributed by atoms with Crippen LogP contribution >= 0.6 is 0 Å². The monoisotopic (exact) mass is 332 g/mol. The van der Waals surface area contributed by atoms with Gasteiger partial charge in [0.2, 0.25) is 0 Å². The molecule has 2 N–H and O–H groups in total. The lowest BCUT2D eigenvalue weighted by Gasteiger charge is -2.35. The third-order valence-electron chi connectivity index (χ3n) is 5.38. The van der Waals surface area contributed by atoms with Gasteiger partial charge in [0.1, 0.15) is 11.5 Å². The SMILES string of the molecule is COc1ccc(C(=O)N[C@H]2C[C@H]3CO[C@@H](C4CC4)CN3C2)c(O)c1. The Bertz CT molecular complexity index is 631. The summed E-state index contributed by atoms with van der Waals surface area (Å²) in [4.78, 5) is 14.9. The normalized spacial score (nSPS) is 30.0. The number of phenolic OH excluding ortho intramolecular Hbond substituents is 1. The lowest BCUT2D eigenvalue weighted by molar-refractivity contribution is -0.0581. The standard InChI is InChI=1S/C18H24N2O4/c1-23-14-4-5-15(16(21)7-14)18(22)19-12-6-13-10-24-17(11-2-3-11)9-20(13)8-12/h4-5,7,11-13,17,21H,2-3,6,8-10H2,1H3,(H,19,22)/t12-,13-,17+/m0/s1. The number of amides is 1. The van der Waals surface area contributed by atoms with Crippen LogP contribution in [0.25, 0.3) is 0 Å². The molecule has 0 spiro atoms. The van der Waals surface area contributed by atoms with Gasteiger partial charge in [-0.25, -0.2) is 0 Å². The Balaban J connectivity index is 1.37. The molecule has 24 heavy (non-hydrogen) atoms. The van der Waals surface area contributed by atoms with Crippen molar-refractivity contribution in [2.24, 2.45) is 5.92 Å². The molecule has 0 aromatic heterocycles. The summed E-state index contributed by atoms with van der Waals surface area (Å²) in [6.45, 7) is 2.61. The van der Waals surface area contributed by atoms with Gasteiger partial charge in [-0.1, -0.05) is 0 Å². The van der Waals surface area contributed by atoms with Crippen molar-refractivity contribution in [2.45, 2.75) is 37.5 Å². The van der Waals surface area contributed by atoms with Crippen LogP contribution in [0, 0.1) is 5.92 Å². The van der Waals surface area contributed by atoms with Gasteiger partial charge in [-0.15, -0.1) is 0 Å².